The molecule has 1 aromatic heterocycles. The summed E-state index contributed by atoms with van der Waals surface area (Å²) in [6.45, 7) is 1.54. The minimum atomic E-state index is -0.152. The van der Waals surface area contributed by atoms with Gasteiger partial charge in [0.2, 0.25) is 5.91 Å². The lowest BCUT2D eigenvalue weighted by atomic mass is 10.2. The molecule has 0 atom stereocenters. The predicted octanol–water partition coefficient (Wildman–Crippen LogP) is 1.37. The van der Waals surface area contributed by atoms with E-state index in [9.17, 15) is 4.79 Å². The van der Waals surface area contributed by atoms with E-state index in [1.807, 2.05) is 12.3 Å². The third-order valence-electron chi connectivity index (χ3n) is 2.80. The first-order valence-electron chi connectivity index (χ1n) is 6.24. The van der Waals surface area contributed by atoms with Crippen molar-refractivity contribution in [3.63, 3.8) is 0 Å². The Kier molecular flexibility index (Phi) is 4.37. The molecular weight excluding hydrogens is 258 g/mol. The number of rotatable bonds is 5. The molecule has 1 heterocycles. The Labute approximate surface area is 117 Å². The number of ether oxygens (including phenoxy) is 1. The lowest BCUT2D eigenvalue weighted by Crippen LogP contribution is -2.07. The van der Waals surface area contributed by atoms with Gasteiger partial charge in [-0.1, -0.05) is 0 Å². The highest BCUT2D eigenvalue weighted by Crippen LogP contribution is 2.27. The number of nitrogens with zero attached hydrogens (tertiary/aromatic N) is 2. The maximum absolute atomic E-state index is 11.1. The van der Waals surface area contributed by atoms with Gasteiger partial charge in [-0.2, -0.15) is 5.10 Å². The second-order valence-corrected chi connectivity index (χ2v) is 4.33. The Hall–Kier alpha value is -2.34. The van der Waals surface area contributed by atoms with Gasteiger partial charge >= 0.3 is 0 Å². The summed E-state index contributed by atoms with van der Waals surface area (Å²) in [7, 11) is 1.55. The van der Waals surface area contributed by atoms with E-state index >= 15 is 0 Å². The highest BCUT2D eigenvalue weighted by atomic mass is 16.5. The van der Waals surface area contributed by atoms with Gasteiger partial charge in [-0.05, 0) is 24.1 Å². The molecule has 0 unspecified atom stereocenters. The lowest BCUT2D eigenvalue weighted by molar-refractivity contribution is -0.114. The Morgan fingerprint density at radius 2 is 2.30 bits per heavy atom. The normalized spacial score (nSPS) is 10.3. The van der Waals surface area contributed by atoms with E-state index in [1.165, 1.54) is 6.92 Å². The number of carbonyl (C=O) groups is 1. The van der Waals surface area contributed by atoms with E-state index in [-0.39, 0.29) is 12.5 Å². The fraction of sp³-hybridized carbons (Fsp3) is 0.286. The Balaban J connectivity index is 2.30. The van der Waals surface area contributed by atoms with Crippen molar-refractivity contribution in [2.75, 3.05) is 19.0 Å². The third-order valence-corrected chi connectivity index (χ3v) is 2.80. The number of methoxy groups -OCH3 is 1. The Morgan fingerprint density at radius 3 is 2.95 bits per heavy atom. The van der Waals surface area contributed by atoms with Crippen molar-refractivity contribution in [2.24, 2.45) is 0 Å². The summed E-state index contributed by atoms with van der Waals surface area (Å²) in [5.74, 6) is 0.414. The first kappa shape index (κ1) is 14.1. The lowest BCUT2D eigenvalue weighted by Gasteiger charge is -2.10. The second-order valence-electron chi connectivity index (χ2n) is 4.33. The monoisotopic (exact) mass is 275 g/mol. The average Bonchev–Trinajstić information content (AvgIpc) is 2.87. The highest BCUT2D eigenvalue weighted by molar-refractivity contribution is 5.90. The number of carbonyl (C=O) groups excluding carboxylic acids is 1. The van der Waals surface area contributed by atoms with Crippen LogP contribution in [0.3, 0.4) is 0 Å². The molecule has 2 N–H and O–H groups in total. The summed E-state index contributed by atoms with van der Waals surface area (Å²) in [5.41, 5.74) is 2.39. The molecule has 0 aliphatic heterocycles. The van der Waals surface area contributed by atoms with Gasteiger partial charge in [0.05, 0.1) is 24.7 Å². The van der Waals surface area contributed by atoms with Crippen LogP contribution in [0.15, 0.2) is 30.6 Å². The fourth-order valence-corrected chi connectivity index (χ4v) is 1.87. The molecule has 1 amide bonds. The number of nitrogens with one attached hydrogen (secondary N) is 1. The summed E-state index contributed by atoms with van der Waals surface area (Å²) in [5, 5.41) is 15.8. The third kappa shape index (κ3) is 3.16. The quantitative estimate of drug-likeness (QED) is 0.864. The van der Waals surface area contributed by atoms with Gasteiger partial charge in [-0.15, -0.1) is 0 Å². The van der Waals surface area contributed by atoms with Crippen molar-refractivity contribution in [3.05, 3.63) is 36.2 Å². The van der Waals surface area contributed by atoms with Crippen LogP contribution < -0.4 is 10.1 Å². The second kappa shape index (κ2) is 6.21. The van der Waals surface area contributed by atoms with Crippen LogP contribution in [-0.2, 0) is 11.2 Å². The molecule has 0 fully saturated rings. The van der Waals surface area contributed by atoms with E-state index in [0.29, 0.717) is 17.9 Å². The molecule has 0 aliphatic carbocycles. The molecule has 106 valence electrons. The number of benzene rings is 1. The smallest absolute Gasteiger partial charge is 0.221 e. The number of hydrogen-bond acceptors (Lipinski definition) is 4. The van der Waals surface area contributed by atoms with Gasteiger partial charge < -0.3 is 15.2 Å². The molecule has 0 saturated carbocycles. The summed E-state index contributed by atoms with van der Waals surface area (Å²) >= 11 is 0. The SMILES string of the molecule is COc1cc(-n2cc(CCO)cn2)ccc1NC(C)=O. The van der Waals surface area contributed by atoms with Crippen LogP contribution in [0.25, 0.3) is 5.69 Å². The van der Waals surface area contributed by atoms with Gasteiger partial charge in [-0.25, -0.2) is 4.68 Å². The summed E-state index contributed by atoms with van der Waals surface area (Å²) < 4.78 is 6.97. The van der Waals surface area contributed by atoms with Crippen LogP contribution in [0.4, 0.5) is 5.69 Å². The van der Waals surface area contributed by atoms with Crippen LogP contribution in [0, 0.1) is 0 Å². The number of aromatic nitrogens is 2. The van der Waals surface area contributed by atoms with Gasteiger partial charge in [-0.3, -0.25) is 4.79 Å². The minimum absolute atomic E-state index is 0.0937. The molecular formula is C14H17N3O3. The topological polar surface area (TPSA) is 76.4 Å². The van der Waals surface area contributed by atoms with Crippen LogP contribution in [0.1, 0.15) is 12.5 Å². The summed E-state index contributed by atoms with van der Waals surface area (Å²) in [6.07, 6.45) is 4.13. The maximum atomic E-state index is 11.1. The van der Waals surface area contributed by atoms with Crippen LogP contribution >= 0.6 is 0 Å². The standard InChI is InChI=1S/C14H17N3O3/c1-10(19)16-13-4-3-12(7-14(13)20-2)17-9-11(5-6-18)8-15-17/h3-4,7-9,18H,5-6H2,1-2H3,(H,16,19). The molecule has 2 aromatic rings. The summed E-state index contributed by atoms with van der Waals surface area (Å²) in [4.78, 5) is 11.1. The zero-order valence-corrected chi connectivity index (χ0v) is 11.5. The molecule has 6 nitrogen and oxygen atoms in total. The van der Waals surface area contributed by atoms with Crippen molar-refractivity contribution in [1.82, 2.24) is 9.78 Å². The molecule has 0 saturated heterocycles. The van der Waals surface area contributed by atoms with E-state index in [2.05, 4.69) is 10.4 Å². The van der Waals surface area contributed by atoms with E-state index < -0.39 is 0 Å². The van der Waals surface area contributed by atoms with E-state index in [4.69, 9.17) is 9.84 Å². The maximum Gasteiger partial charge on any atom is 0.221 e. The minimum Gasteiger partial charge on any atom is -0.494 e. The average molecular weight is 275 g/mol. The van der Waals surface area contributed by atoms with Gasteiger partial charge in [0.25, 0.3) is 0 Å². The molecule has 2 rings (SSSR count). The molecule has 0 spiro atoms. The largest absolute Gasteiger partial charge is 0.494 e. The zero-order chi connectivity index (χ0) is 14.5. The first-order chi connectivity index (χ1) is 9.63. The predicted molar refractivity (Wildman–Crippen MR) is 75.2 cm³/mol. The van der Waals surface area contributed by atoms with E-state index in [1.54, 1.807) is 30.1 Å². The van der Waals surface area contributed by atoms with Crippen molar-refractivity contribution in [2.45, 2.75) is 13.3 Å². The Morgan fingerprint density at radius 1 is 1.50 bits per heavy atom. The van der Waals surface area contributed by atoms with Crippen molar-refractivity contribution >= 4 is 11.6 Å². The number of amides is 1. The molecule has 1 aromatic carbocycles. The van der Waals surface area contributed by atoms with Crippen molar-refractivity contribution < 1.29 is 14.6 Å². The summed E-state index contributed by atoms with van der Waals surface area (Å²) in [6, 6.07) is 5.40. The molecule has 6 heteroatoms. The fourth-order valence-electron chi connectivity index (χ4n) is 1.87. The highest BCUT2D eigenvalue weighted by Gasteiger charge is 2.08. The number of aliphatic hydroxyl groups excluding tert-OH is 1. The first-order valence-corrected chi connectivity index (χ1v) is 6.24. The zero-order valence-electron chi connectivity index (χ0n) is 11.5. The molecule has 0 radical (unpaired) electrons. The van der Waals surface area contributed by atoms with Gasteiger partial charge in [0.1, 0.15) is 5.75 Å². The number of aliphatic hydroxyl groups is 1. The van der Waals surface area contributed by atoms with Crippen molar-refractivity contribution in [3.8, 4) is 11.4 Å². The number of anilines is 1. The van der Waals surface area contributed by atoms with Gasteiger partial charge in [0.15, 0.2) is 0 Å². The Bertz CT molecular complexity index is 607. The molecule has 0 aliphatic rings. The van der Waals surface area contributed by atoms with Crippen LogP contribution in [0.5, 0.6) is 5.75 Å². The number of hydrogen-bond donors (Lipinski definition) is 2. The van der Waals surface area contributed by atoms with Crippen molar-refractivity contribution in [1.29, 1.82) is 0 Å². The van der Waals surface area contributed by atoms with Crippen LogP contribution in [0.2, 0.25) is 0 Å². The molecule has 0 bridgehead atoms. The van der Waals surface area contributed by atoms with Crippen LogP contribution in [-0.4, -0.2) is 34.5 Å². The molecule has 20 heavy (non-hydrogen) atoms. The van der Waals surface area contributed by atoms with Gasteiger partial charge in [0, 0.05) is 25.8 Å². The van der Waals surface area contributed by atoms with E-state index in [0.717, 1.165) is 11.3 Å².